The lowest BCUT2D eigenvalue weighted by Crippen LogP contribution is -2.23. The van der Waals surface area contributed by atoms with Gasteiger partial charge in [-0.1, -0.05) is 19.8 Å². The third kappa shape index (κ3) is 3.97. The molecule has 1 aromatic rings. The molecule has 0 atom stereocenters. The molecule has 0 radical (unpaired) electrons. The standard InChI is InChI=1S/C11H20N4O2/c1-3-5-6-7-13-9-8-10(17-4-2)14-11(12)15(9)16/h8,16H,3-7H2,1-2H3,(H2,12,14). The third-order valence-electron chi connectivity index (χ3n) is 2.24. The van der Waals surface area contributed by atoms with E-state index in [9.17, 15) is 5.21 Å². The van der Waals surface area contributed by atoms with Gasteiger partial charge in [0.05, 0.1) is 6.61 Å². The quantitative estimate of drug-likeness (QED) is 0.577. The Morgan fingerprint density at radius 2 is 2.24 bits per heavy atom. The fraction of sp³-hybridized carbons (Fsp3) is 0.636. The average Bonchev–Trinajstić information content (AvgIpc) is 2.31. The van der Waals surface area contributed by atoms with E-state index in [2.05, 4.69) is 16.9 Å². The molecule has 0 bridgehead atoms. The van der Waals surface area contributed by atoms with Crippen molar-refractivity contribution < 1.29 is 9.94 Å². The lowest BCUT2D eigenvalue weighted by atomic mass is 10.2. The number of nitrogen functional groups attached to an aromatic ring is 1. The predicted octanol–water partition coefficient (Wildman–Crippen LogP) is 1.19. The molecular weight excluding hydrogens is 220 g/mol. The van der Waals surface area contributed by atoms with Gasteiger partial charge in [0.2, 0.25) is 11.8 Å². The van der Waals surface area contributed by atoms with Crippen LogP contribution in [0.2, 0.25) is 0 Å². The van der Waals surface area contributed by atoms with Crippen molar-refractivity contribution in [2.24, 2.45) is 4.99 Å². The van der Waals surface area contributed by atoms with Crippen molar-refractivity contribution in [1.82, 2.24) is 9.71 Å². The first-order valence-corrected chi connectivity index (χ1v) is 5.91. The van der Waals surface area contributed by atoms with Gasteiger partial charge in [-0.2, -0.15) is 4.98 Å². The first-order chi connectivity index (χ1) is 8.19. The molecule has 0 aliphatic heterocycles. The summed E-state index contributed by atoms with van der Waals surface area (Å²) in [6.45, 7) is 5.14. The average molecular weight is 240 g/mol. The van der Waals surface area contributed by atoms with Crippen molar-refractivity contribution in [2.75, 3.05) is 18.9 Å². The normalized spacial score (nSPS) is 11.8. The molecule has 0 saturated carbocycles. The fourth-order valence-corrected chi connectivity index (χ4v) is 1.37. The molecule has 0 aliphatic rings. The summed E-state index contributed by atoms with van der Waals surface area (Å²) in [6.07, 6.45) is 3.24. The molecule has 0 spiro atoms. The number of nitrogens with zero attached hydrogens (tertiary/aromatic N) is 3. The van der Waals surface area contributed by atoms with Crippen molar-refractivity contribution in [2.45, 2.75) is 33.1 Å². The fourth-order valence-electron chi connectivity index (χ4n) is 1.37. The topological polar surface area (TPSA) is 85.7 Å². The molecule has 1 aromatic heterocycles. The van der Waals surface area contributed by atoms with Crippen molar-refractivity contribution in [3.05, 3.63) is 11.6 Å². The van der Waals surface area contributed by atoms with Gasteiger partial charge < -0.3 is 15.7 Å². The highest BCUT2D eigenvalue weighted by Gasteiger charge is 2.03. The Balaban J connectivity index is 2.88. The van der Waals surface area contributed by atoms with Crippen molar-refractivity contribution >= 4 is 5.95 Å². The van der Waals surface area contributed by atoms with Gasteiger partial charge in [0.25, 0.3) is 0 Å². The van der Waals surface area contributed by atoms with Gasteiger partial charge in [0.15, 0.2) is 5.49 Å². The summed E-state index contributed by atoms with van der Waals surface area (Å²) >= 11 is 0. The van der Waals surface area contributed by atoms with Crippen LogP contribution in [0.15, 0.2) is 11.1 Å². The summed E-state index contributed by atoms with van der Waals surface area (Å²) in [7, 11) is 0. The highest BCUT2D eigenvalue weighted by molar-refractivity contribution is 5.21. The molecule has 0 aliphatic carbocycles. The Morgan fingerprint density at radius 3 is 2.88 bits per heavy atom. The van der Waals surface area contributed by atoms with Crippen molar-refractivity contribution in [3.63, 3.8) is 0 Å². The summed E-state index contributed by atoms with van der Waals surface area (Å²) in [5.41, 5.74) is 5.92. The van der Waals surface area contributed by atoms with Crippen molar-refractivity contribution in [3.8, 4) is 5.88 Å². The number of unbranched alkanes of at least 4 members (excludes halogenated alkanes) is 2. The van der Waals surface area contributed by atoms with E-state index in [4.69, 9.17) is 10.5 Å². The Kier molecular flexibility index (Phi) is 5.32. The first kappa shape index (κ1) is 13.3. The summed E-state index contributed by atoms with van der Waals surface area (Å²) in [6, 6.07) is 1.58. The van der Waals surface area contributed by atoms with E-state index >= 15 is 0 Å². The summed E-state index contributed by atoms with van der Waals surface area (Å²) in [5, 5.41) is 9.63. The number of hydrogen-bond acceptors (Lipinski definition) is 5. The molecule has 0 fully saturated rings. The van der Waals surface area contributed by atoms with Gasteiger partial charge in [-0.25, -0.2) is 0 Å². The zero-order valence-corrected chi connectivity index (χ0v) is 10.4. The highest BCUT2D eigenvalue weighted by atomic mass is 16.5. The lowest BCUT2D eigenvalue weighted by molar-refractivity contribution is 0.172. The molecule has 17 heavy (non-hydrogen) atoms. The van der Waals surface area contributed by atoms with Crippen LogP contribution in [0.1, 0.15) is 33.1 Å². The van der Waals surface area contributed by atoms with Crippen LogP contribution in [0.5, 0.6) is 5.88 Å². The van der Waals surface area contributed by atoms with Crippen LogP contribution in [0.25, 0.3) is 0 Å². The molecule has 1 rings (SSSR count). The molecule has 0 unspecified atom stereocenters. The molecule has 0 saturated heterocycles. The maximum Gasteiger partial charge on any atom is 0.239 e. The number of anilines is 1. The SMILES string of the molecule is CCCCCN=c1cc(OCC)nc(N)n1O. The minimum absolute atomic E-state index is 0.0230. The smallest absolute Gasteiger partial charge is 0.239 e. The molecule has 0 amide bonds. The largest absolute Gasteiger partial charge is 0.478 e. The molecular formula is C11H20N4O2. The monoisotopic (exact) mass is 240 g/mol. The first-order valence-electron chi connectivity index (χ1n) is 5.91. The second-order valence-corrected chi connectivity index (χ2v) is 3.64. The van der Waals surface area contributed by atoms with Crippen LogP contribution in [0.4, 0.5) is 5.95 Å². The van der Waals surface area contributed by atoms with Gasteiger partial charge in [-0.15, -0.1) is 4.73 Å². The van der Waals surface area contributed by atoms with Crippen LogP contribution < -0.4 is 16.0 Å². The summed E-state index contributed by atoms with van der Waals surface area (Å²) < 4.78 is 6.01. The minimum Gasteiger partial charge on any atom is -0.478 e. The van der Waals surface area contributed by atoms with Gasteiger partial charge in [-0.05, 0) is 13.3 Å². The Hall–Kier alpha value is -1.72. The van der Waals surface area contributed by atoms with E-state index in [-0.39, 0.29) is 5.95 Å². The van der Waals surface area contributed by atoms with E-state index in [0.717, 1.165) is 24.0 Å². The lowest BCUT2D eigenvalue weighted by Gasteiger charge is -2.06. The third-order valence-corrected chi connectivity index (χ3v) is 2.24. The summed E-state index contributed by atoms with van der Waals surface area (Å²) in [4.78, 5) is 8.14. The maximum atomic E-state index is 9.63. The molecule has 1 heterocycles. The molecule has 96 valence electrons. The van der Waals surface area contributed by atoms with Gasteiger partial charge in [0.1, 0.15) is 0 Å². The van der Waals surface area contributed by atoms with E-state index in [1.54, 1.807) is 6.07 Å². The van der Waals surface area contributed by atoms with Gasteiger partial charge in [-0.3, -0.25) is 4.99 Å². The second kappa shape index (κ2) is 6.78. The van der Waals surface area contributed by atoms with Crippen molar-refractivity contribution in [1.29, 1.82) is 0 Å². The number of ether oxygens (including phenoxy) is 1. The summed E-state index contributed by atoms with van der Waals surface area (Å²) in [5.74, 6) is 0.356. The molecule has 6 heteroatoms. The van der Waals surface area contributed by atoms with Crippen LogP contribution in [-0.2, 0) is 0 Å². The zero-order valence-electron chi connectivity index (χ0n) is 10.4. The predicted molar refractivity (Wildman–Crippen MR) is 64.9 cm³/mol. The van der Waals surface area contributed by atoms with Gasteiger partial charge >= 0.3 is 0 Å². The minimum atomic E-state index is -0.0230. The number of aromatic nitrogens is 2. The Labute approximate surface area is 101 Å². The molecule has 6 nitrogen and oxygen atoms in total. The van der Waals surface area contributed by atoms with Crippen LogP contribution in [0.3, 0.4) is 0 Å². The van der Waals surface area contributed by atoms with Crippen LogP contribution >= 0.6 is 0 Å². The van der Waals surface area contributed by atoms with Crippen LogP contribution in [-0.4, -0.2) is 28.1 Å². The van der Waals surface area contributed by atoms with E-state index in [1.165, 1.54) is 0 Å². The van der Waals surface area contributed by atoms with Gasteiger partial charge in [0, 0.05) is 12.6 Å². The number of hydrogen-bond donors (Lipinski definition) is 2. The van der Waals surface area contributed by atoms with E-state index < -0.39 is 0 Å². The molecule has 3 N–H and O–H groups in total. The van der Waals surface area contributed by atoms with Crippen LogP contribution in [0, 0.1) is 0 Å². The Bertz CT molecular complexity index is 414. The van der Waals surface area contributed by atoms with E-state index in [0.29, 0.717) is 24.5 Å². The second-order valence-electron chi connectivity index (χ2n) is 3.64. The maximum absolute atomic E-state index is 9.63. The number of rotatable bonds is 6. The zero-order chi connectivity index (χ0) is 12.7. The number of nitrogens with two attached hydrogens (primary N) is 1. The molecule has 0 aromatic carbocycles. The van der Waals surface area contributed by atoms with E-state index in [1.807, 2.05) is 6.92 Å². The highest BCUT2D eigenvalue weighted by Crippen LogP contribution is 2.04. The Morgan fingerprint density at radius 1 is 1.47 bits per heavy atom.